The summed E-state index contributed by atoms with van der Waals surface area (Å²) in [6, 6.07) is 21.5. The van der Waals surface area contributed by atoms with Crippen LogP contribution < -0.4 is 0 Å². The molecule has 2 aliphatic rings. The van der Waals surface area contributed by atoms with Gasteiger partial charge in [-0.3, -0.25) is 9.80 Å². The summed E-state index contributed by atoms with van der Waals surface area (Å²) < 4.78 is 0. The maximum absolute atomic E-state index is 11.0. The predicted molar refractivity (Wildman–Crippen MR) is 111 cm³/mol. The molecule has 27 heavy (non-hydrogen) atoms. The topological polar surface area (TPSA) is 26.7 Å². The van der Waals surface area contributed by atoms with E-state index in [1.165, 1.54) is 24.0 Å². The summed E-state index contributed by atoms with van der Waals surface area (Å²) in [5.74, 6) is 0.940. The lowest BCUT2D eigenvalue weighted by molar-refractivity contribution is 0.0364. The van der Waals surface area contributed by atoms with Crippen LogP contribution in [0, 0.1) is 5.92 Å². The molecule has 0 aromatic heterocycles. The van der Waals surface area contributed by atoms with Gasteiger partial charge in [-0.1, -0.05) is 67.1 Å². The zero-order chi connectivity index (χ0) is 18.5. The van der Waals surface area contributed by atoms with E-state index in [1.54, 1.807) is 0 Å². The standard InChI is InChI=1S/C24H32N2O/c27-24(23-13-7-12-22(23)21-10-5-2-6-11-21)19-26-16-14-25(15-17-26)18-20-8-3-1-4-9-20/h1-6,8-11,22-24,27H,7,12-19H2. The van der Waals surface area contributed by atoms with Crippen molar-refractivity contribution in [2.45, 2.75) is 37.8 Å². The van der Waals surface area contributed by atoms with Crippen molar-refractivity contribution >= 4 is 0 Å². The molecule has 0 spiro atoms. The van der Waals surface area contributed by atoms with E-state index in [4.69, 9.17) is 0 Å². The molecular formula is C24H32N2O. The third-order valence-corrected chi connectivity index (χ3v) is 6.45. The number of benzene rings is 2. The first kappa shape index (κ1) is 18.7. The number of piperazine rings is 1. The molecule has 0 radical (unpaired) electrons. The Morgan fingerprint density at radius 2 is 1.44 bits per heavy atom. The molecule has 3 nitrogen and oxygen atoms in total. The Kier molecular flexibility index (Phi) is 6.23. The summed E-state index contributed by atoms with van der Waals surface area (Å²) >= 11 is 0. The van der Waals surface area contributed by atoms with Crippen LogP contribution in [0.3, 0.4) is 0 Å². The molecule has 3 unspecified atom stereocenters. The van der Waals surface area contributed by atoms with Gasteiger partial charge in [-0.05, 0) is 35.8 Å². The first-order chi connectivity index (χ1) is 13.3. The van der Waals surface area contributed by atoms with Crippen LogP contribution in [0.5, 0.6) is 0 Å². The summed E-state index contributed by atoms with van der Waals surface area (Å²) in [6.07, 6.45) is 3.41. The first-order valence-electron chi connectivity index (χ1n) is 10.5. The Morgan fingerprint density at radius 1 is 0.815 bits per heavy atom. The molecule has 4 rings (SSSR count). The largest absolute Gasteiger partial charge is 0.391 e. The predicted octanol–water partition coefficient (Wildman–Crippen LogP) is 3.75. The van der Waals surface area contributed by atoms with Crippen LogP contribution in [0.4, 0.5) is 0 Å². The average molecular weight is 365 g/mol. The molecule has 0 amide bonds. The van der Waals surface area contributed by atoms with E-state index >= 15 is 0 Å². The normalized spacial score (nSPS) is 25.5. The first-order valence-corrected chi connectivity index (χ1v) is 10.5. The second-order valence-corrected chi connectivity index (χ2v) is 8.24. The van der Waals surface area contributed by atoms with Crippen LogP contribution in [0.1, 0.15) is 36.3 Å². The smallest absolute Gasteiger partial charge is 0.0701 e. The van der Waals surface area contributed by atoms with Gasteiger partial charge in [0.2, 0.25) is 0 Å². The van der Waals surface area contributed by atoms with Gasteiger partial charge >= 0.3 is 0 Å². The molecular weight excluding hydrogens is 332 g/mol. The fourth-order valence-corrected chi connectivity index (χ4v) is 4.93. The Hall–Kier alpha value is -1.68. The van der Waals surface area contributed by atoms with Crippen LogP contribution in [0.15, 0.2) is 60.7 Å². The monoisotopic (exact) mass is 364 g/mol. The van der Waals surface area contributed by atoms with Gasteiger partial charge < -0.3 is 5.11 Å². The Balaban J connectivity index is 1.27. The number of β-amino-alcohol motifs (C(OH)–C–C–N with tert-alkyl or cyclic N) is 1. The van der Waals surface area contributed by atoms with Crippen molar-refractivity contribution in [1.29, 1.82) is 0 Å². The highest BCUT2D eigenvalue weighted by atomic mass is 16.3. The molecule has 1 saturated heterocycles. The van der Waals surface area contributed by atoms with Gasteiger partial charge in [0.1, 0.15) is 0 Å². The lowest BCUT2D eigenvalue weighted by atomic mass is 9.85. The maximum Gasteiger partial charge on any atom is 0.0701 e. The number of rotatable bonds is 6. The quantitative estimate of drug-likeness (QED) is 0.846. The van der Waals surface area contributed by atoms with Crippen molar-refractivity contribution in [2.24, 2.45) is 5.92 Å². The number of hydrogen-bond donors (Lipinski definition) is 1. The molecule has 2 fully saturated rings. The van der Waals surface area contributed by atoms with Crippen molar-refractivity contribution in [3.05, 3.63) is 71.8 Å². The fraction of sp³-hybridized carbons (Fsp3) is 0.500. The summed E-state index contributed by atoms with van der Waals surface area (Å²) in [5.41, 5.74) is 2.80. The van der Waals surface area contributed by atoms with E-state index in [1.807, 2.05) is 0 Å². The zero-order valence-corrected chi connectivity index (χ0v) is 16.2. The molecule has 1 saturated carbocycles. The van der Waals surface area contributed by atoms with Gasteiger partial charge in [0.15, 0.2) is 0 Å². The highest BCUT2D eigenvalue weighted by Crippen LogP contribution is 2.41. The van der Waals surface area contributed by atoms with Gasteiger partial charge in [0.05, 0.1) is 6.10 Å². The van der Waals surface area contributed by atoms with Crippen molar-refractivity contribution in [1.82, 2.24) is 9.80 Å². The van der Waals surface area contributed by atoms with E-state index in [0.29, 0.717) is 11.8 Å². The van der Waals surface area contributed by atoms with E-state index in [0.717, 1.165) is 45.7 Å². The van der Waals surface area contributed by atoms with Crippen molar-refractivity contribution in [3.63, 3.8) is 0 Å². The second kappa shape index (κ2) is 9.01. The summed E-state index contributed by atoms with van der Waals surface area (Å²) in [4.78, 5) is 4.99. The van der Waals surface area contributed by atoms with Gasteiger partial charge in [0.25, 0.3) is 0 Å². The third-order valence-electron chi connectivity index (χ3n) is 6.45. The number of aliphatic hydroxyl groups is 1. The van der Waals surface area contributed by atoms with Crippen LogP contribution in [-0.2, 0) is 6.54 Å². The molecule has 144 valence electrons. The van der Waals surface area contributed by atoms with E-state index in [2.05, 4.69) is 70.5 Å². The average Bonchev–Trinajstić information content (AvgIpc) is 3.21. The summed E-state index contributed by atoms with van der Waals surface area (Å²) in [7, 11) is 0. The Labute approximate surface area is 163 Å². The SMILES string of the molecule is OC(CN1CCN(Cc2ccccc2)CC1)C1CCCC1c1ccccc1. The molecule has 1 heterocycles. The molecule has 3 atom stereocenters. The molecule has 1 N–H and O–H groups in total. The number of aliphatic hydroxyl groups excluding tert-OH is 1. The minimum atomic E-state index is -0.210. The number of nitrogens with zero attached hydrogens (tertiary/aromatic N) is 2. The van der Waals surface area contributed by atoms with Crippen molar-refractivity contribution in [3.8, 4) is 0 Å². The molecule has 3 heteroatoms. The van der Waals surface area contributed by atoms with Crippen LogP contribution in [0.25, 0.3) is 0 Å². The zero-order valence-electron chi connectivity index (χ0n) is 16.2. The van der Waals surface area contributed by atoms with E-state index in [-0.39, 0.29) is 6.10 Å². The lowest BCUT2D eigenvalue weighted by Gasteiger charge is -2.37. The molecule has 1 aliphatic carbocycles. The van der Waals surface area contributed by atoms with E-state index < -0.39 is 0 Å². The van der Waals surface area contributed by atoms with Crippen LogP contribution >= 0.6 is 0 Å². The fourth-order valence-electron chi connectivity index (χ4n) is 4.93. The van der Waals surface area contributed by atoms with Gasteiger partial charge in [-0.15, -0.1) is 0 Å². The van der Waals surface area contributed by atoms with E-state index in [9.17, 15) is 5.11 Å². The van der Waals surface area contributed by atoms with Gasteiger partial charge in [-0.25, -0.2) is 0 Å². The number of hydrogen-bond acceptors (Lipinski definition) is 3. The van der Waals surface area contributed by atoms with Gasteiger partial charge in [0, 0.05) is 39.3 Å². The van der Waals surface area contributed by atoms with Crippen LogP contribution in [-0.4, -0.2) is 53.7 Å². The van der Waals surface area contributed by atoms with Crippen molar-refractivity contribution in [2.75, 3.05) is 32.7 Å². The summed E-state index contributed by atoms with van der Waals surface area (Å²) in [6.45, 7) is 6.17. The highest BCUT2D eigenvalue weighted by molar-refractivity contribution is 5.22. The maximum atomic E-state index is 11.0. The molecule has 2 aromatic rings. The molecule has 1 aliphatic heterocycles. The Morgan fingerprint density at radius 3 is 2.15 bits per heavy atom. The van der Waals surface area contributed by atoms with Gasteiger partial charge in [-0.2, -0.15) is 0 Å². The second-order valence-electron chi connectivity index (χ2n) is 8.24. The minimum Gasteiger partial charge on any atom is -0.391 e. The van der Waals surface area contributed by atoms with Crippen LogP contribution in [0.2, 0.25) is 0 Å². The lowest BCUT2D eigenvalue weighted by Crippen LogP contribution is -2.49. The summed E-state index contributed by atoms with van der Waals surface area (Å²) in [5, 5.41) is 11.0. The molecule has 2 aromatic carbocycles. The molecule has 0 bridgehead atoms. The third kappa shape index (κ3) is 4.78. The minimum absolute atomic E-state index is 0.210. The van der Waals surface area contributed by atoms with Crippen molar-refractivity contribution < 1.29 is 5.11 Å². The highest BCUT2D eigenvalue weighted by Gasteiger charge is 2.34. The Bertz CT molecular complexity index is 682.